The van der Waals surface area contributed by atoms with E-state index >= 15 is 0 Å². The van der Waals surface area contributed by atoms with Gasteiger partial charge in [0.05, 0.1) is 18.8 Å². The summed E-state index contributed by atoms with van der Waals surface area (Å²) >= 11 is 0. The molecule has 124 valence electrons. The molecule has 3 aliphatic heterocycles. The van der Waals surface area contributed by atoms with Crippen LogP contribution >= 0.6 is 0 Å². The monoisotopic (exact) mass is 303 g/mol. The Morgan fingerprint density at radius 3 is 2.55 bits per heavy atom. The summed E-state index contributed by atoms with van der Waals surface area (Å²) in [4.78, 5) is 2.81. The highest BCUT2D eigenvalue weighted by Crippen LogP contribution is 2.63. The molecule has 0 bridgehead atoms. The molecule has 4 fully saturated rings. The maximum absolute atomic E-state index is 5.78. The van der Waals surface area contributed by atoms with Crippen molar-refractivity contribution >= 4 is 7.28 Å². The molecule has 1 spiro atoms. The summed E-state index contributed by atoms with van der Waals surface area (Å²) < 4.78 is 5.78. The number of rotatable bonds is 1. The average Bonchev–Trinajstić information content (AvgIpc) is 3.10. The Morgan fingerprint density at radius 1 is 1.09 bits per heavy atom. The van der Waals surface area contributed by atoms with E-state index < -0.39 is 0 Å². The van der Waals surface area contributed by atoms with Crippen molar-refractivity contribution in [2.45, 2.75) is 88.4 Å². The third-order valence-electron chi connectivity index (χ3n) is 7.84. The van der Waals surface area contributed by atoms with Crippen molar-refractivity contribution in [2.75, 3.05) is 19.8 Å². The van der Waals surface area contributed by atoms with E-state index in [1.807, 2.05) is 0 Å². The fraction of sp³-hybridized carbons (Fsp3) is 1.00. The number of piperidine rings is 1. The van der Waals surface area contributed by atoms with Gasteiger partial charge in [0, 0.05) is 6.04 Å². The SMILES string of the molecule is CC(C)N1CCC2CCC3(C)BC3CCCCC2C12COC2. The highest BCUT2D eigenvalue weighted by Gasteiger charge is 2.56. The van der Waals surface area contributed by atoms with Gasteiger partial charge in [-0.25, -0.2) is 0 Å². The number of likely N-dealkylation sites (tertiary alicyclic amines) is 1. The first-order chi connectivity index (χ1) is 10.6. The standard InChI is InChI=1S/C19H34BNO/c1-14(2)21-11-9-15-8-10-18(3)17(20-18)7-5-4-6-16(15)19(21)12-22-13-19/h14-17,20H,4-13H2,1-3H3. The molecule has 4 unspecified atom stereocenters. The summed E-state index contributed by atoms with van der Waals surface area (Å²) in [7, 11) is 1.52. The van der Waals surface area contributed by atoms with Crippen molar-refractivity contribution < 1.29 is 4.74 Å². The van der Waals surface area contributed by atoms with Gasteiger partial charge in [0.1, 0.15) is 7.28 Å². The van der Waals surface area contributed by atoms with Crippen molar-refractivity contribution in [3.63, 3.8) is 0 Å². The quantitative estimate of drug-likeness (QED) is 0.682. The molecule has 0 N–H and O–H groups in total. The number of fused-ring (bicyclic) bond motifs is 3. The van der Waals surface area contributed by atoms with Crippen LogP contribution in [0.3, 0.4) is 0 Å². The largest absolute Gasteiger partial charge is 0.377 e. The van der Waals surface area contributed by atoms with Gasteiger partial charge in [-0.3, -0.25) is 4.90 Å². The first kappa shape index (κ1) is 15.5. The lowest BCUT2D eigenvalue weighted by Gasteiger charge is -2.61. The van der Waals surface area contributed by atoms with E-state index in [-0.39, 0.29) is 0 Å². The Hall–Kier alpha value is -0.0151. The fourth-order valence-corrected chi connectivity index (χ4v) is 6.22. The first-order valence-corrected chi connectivity index (χ1v) is 9.90. The number of hydrogen-bond donors (Lipinski definition) is 0. The number of ether oxygens (including phenoxy) is 1. The Kier molecular flexibility index (Phi) is 3.89. The second kappa shape index (κ2) is 5.51. The summed E-state index contributed by atoms with van der Waals surface area (Å²) in [6.07, 6.45) is 10.3. The molecule has 0 radical (unpaired) electrons. The smallest absolute Gasteiger partial charge is 0.130 e. The fourth-order valence-electron chi connectivity index (χ4n) is 6.22. The van der Waals surface area contributed by atoms with E-state index in [1.54, 1.807) is 0 Å². The summed E-state index contributed by atoms with van der Waals surface area (Å²) in [5, 5.41) is 0.723. The molecule has 3 heteroatoms. The van der Waals surface area contributed by atoms with Crippen LogP contribution in [0, 0.1) is 11.8 Å². The predicted molar refractivity (Wildman–Crippen MR) is 94.0 cm³/mol. The molecular formula is C19H34BNO. The van der Waals surface area contributed by atoms with Crippen LogP contribution in [0.1, 0.15) is 65.7 Å². The van der Waals surface area contributed by atoms with Crippen molar-refractivity contribution in [1.29, 1.82) is 0 Å². The second-order valence-corrected chi connectivity index (χ2v) is 9.42. The van der Waals surface area contributed by atoms with E-state index in [0.717, 1.165) is 36.2 Å². The van der Waals surface area contributed by atoms with E-state index in [0.29, 0.717) is 11.6 Å². The zero-order chi connectivity index (χ0) is 15.4. The molecule has 1 saturated carbocycles. The highest BCUT2D eigenvalue weighted by atomic mass is 16.5. The van der Waals surface area contributed by atoms with E-state index in [1.165, 1.54) is 58.8 Å². The molecule has 4 aliphatic rings. The van der Waals surface area contributed by atoms with Gasteiger partial charge in [0.25, 0.3) is 0 Å². The minimum atomic E-state index is 0.403. The van der Waals surface area contributed by atoms with Crippen molar-refractivity contribution in [2.24, 2.45) is 11.8 Å². The van der Waals surface area contributed by atoms with Gasteiger partial charge >= 0.3 is 0 Å². The zero-order valence-corrected chi connectivity index (χ0v) is 14.9. The van der Waals surface area contributed by atoms with Crippen LogP contribution in [0.4, 0.5) is 0 Å². The molecule has 22 heavy (non-hydrogen) atoms. The second-order valence-electron chi connectivity index (χ2n) is 9.42. The van der Waals surface area contributed by atoms with Crippen LogP contribution in [-0.4, -0.2) is 43.5 Å². The van der Waals surface area contributed by atoms with E-state index in [2.05, 4.69) is 25.7 Å². The molecular weight excluding hydrogens is 269 g/mol. The highest BCUT2D eigenvalue weighted by molar-refractivity contribution is 6.56. The molecule has 4 atom stereocenters. The van der Waals surface area contributed by atoms with Crippen molar-refractivity contribution in [1.82, 2.24) is 4.90 Å². The van der Waals surface area contributed by atoms with Gasteiger partial charge in [-0.05, 0) is 45.1 Å². The average molecular weight is 303 g/mol. The molecule has 1 aliphatic carbocycles. The lowest BCUT2D eigenvalue weighted by molar-refractivity contribution is -0.208. The van der Waals surface area contributed by atoms with Gasteiger partial charge < -0.3 is 4.74 Å². The lowest BCUT2D eigenvalue weighted by atomic mass is 9.64. The van der Waals surface area contributed by atoms with Crippen LogP contribution in [-0.2, 0) is 4.74 Å². The summed E-state index contributed by atoms with van der Waals surface area (Å²) in [5.41, 5.74) is 0.403. The number of hydrogen-bond acceptors (Lipinski definition) is 2. The van der Waals surface area contributed by atoms with Gasteiger partial charge in [-0.2, -0.15) is 0 Å². The van der Waals surface area contributed by atoms with Crippen LogP contribution in [0.15, 0.2) is 0 Å². The van der Waals surface area contributed by atoms with Crippen LogP contribution < -0.4 is 0 Å². The normalized spacial score (nSPS) is 44.6. The van der Waals surface area contributed by atoms with E-state index in [9.17, 15) is 0 Å². The van der Waals surface area contributed by atoms with E-state index in [4.69, 9.17) is 4.74 Å². The molecule has 3 heterocycles. The topological polar surface area (TPSA) is 12.5 Å². The predicted octanol–water partition coefficient (Wildman–Crippen LogP) is 3.87. The summed E-state index contributed by atoms with van der Waals surface area (Å²) in [5.74, 6) is 2.94. The lowest BCUT2D eigenvalue weighted by Crippen LogP contribution is -2.71. The van der Waals surface area contributed by atoms with Crippen molar-refractivity contribution in [3.05, 3.63) is 0 Å². The Labute approximate surface area is 137 Å². The van der Waals surface area contributed by atoms with Crippen molar-refractivity contribution in [3.8, 4) is 0 Å². The van der Waals surface area contributed by atoms with Gasteiger partial charge in [0.2, 0.25) is 0 Å². The van der Waals surface area contributed by atoms with Crippen LogP contribution in [0.2, 0.25) is 11.1 Å². The third-order valence-corrected chi connectivity index (χ3v) is 7.84. The minimum Gasteiger partial charge on any atom is -0.377 e. The molecule has 0 amide bonds. The zero-order valence-electron chi connectivity index (χ0n) is 14.9. The first-order valence-electron chi connectivity index (χ1n) is 9.90. The number of nitrogens with zero attached hydrogens (tertiary/aromatic N) is 1. The molecule has 3 saturated heterocycles. The maximum Gasteiger partial charge on any atom is 0.130 e. The Bertz CT molecular complexity index is 422. The van der Waals surface area contributed by atoms with Gasteiger partial charge in [-0.15, -0.1) is 0 Å². The molecule has 0 aromatic heterocycles. The Morgan fingerprint density at radius 2 is 1.86 bits per heavy atom. The Balaban J connectivity index is 1.54. The maximum atomic E-state index is 5.78. The third kappa shape index (κ3) is 2.38. The molecule has 0 aromatic carbocycles. The summed E-state index contributed by atoms with van der Waals surface area (Å²) in [6, 6.07) is 0.672. The van der Waals surface area contributed by atoms with Crippen LogP contribution in [0.5, 0.6) is 0 Å². The van der Waals surface area contributed by atoms with Crippen LogP contribution in [0.25, 0.3) is 0 Å². The molecule has 2 nitrogen and oxygen atoms in total. The molecule has 0 aromatic rings. The van der Waals surface area contributed by atoms with Gasteiger partial charge in [0.15, 0.2) is 0 Å². The summed E-state index contributed by atoms with van der Waals surface area (Å²) in [6.45, 7) is 10.7. The minimum absolute atomic E-state index is 0.403. The molecule has 4 rings (SSSR count). The van der Waals surface area contributed by atoms with Gasteiger partial charge in [-0.1, -0.05) is 50.2 Å².